The number of nitrogens with zero attached hydrogens (tertiary/aromatic N) is 2. The minimum atomic E-state index is 0.113. The van der Waals surface area contributed by atoms with Gasteiger partial charge in [-0.3, -0.25) is 0 Å². The van der Waals surface area contributed by atoms with E-state index in [0.29, 0.717) is 16.7 Å². The Balaban J connectivity index is 1.76. The van der Waals surface area contributed by atoms with E-state index in [2.05, 4.69) is 15.5 Å². The molecular formula is C16H20ClN3O. The number of rotatable bonds is 4. The van der Waals surface area contributed by atoms with Crippen molar-refractivity contribution in [3.8, 4) is 11.4 Å². The summed E-state index contributed by atoms with van der Waals surface area (Å²) in [5.74, 6) is 1.33. The molecule has 0 radical (unpaired) electrons. The monoisotopic (exact) mass is 305 g/mol. The molecule has 0 bridgehead atoms. The van der Waals surface area contributed by atoms with Crippen LogP contribution >= 0.6 is 11.6 Å². The Bertz CT molecular complexity index is 588. The second kappa shape index (κ2) is 6.16. The van der Waals surface area contributed by atoms with E-state index >= 15 is 0 Å². The Kier molecular flexibility index (Phi) is 4.27. The first-order valence-corrected chi connectivity index (χ1v) is 7.86. The molecule has 112 valence electrons. The van der Waals surface area contributed by atoms with Crippen molar-refractivity contribution in [3.05, 3.63) is 35.2 Å². The van der Waals surface area contributed by atoms with Gasteiger partial charge in [-0.15, -0.1) is 0 Å². The van der Waals surface area contributed by atoms with E-state index in [1.54, 1.807) is 0 Å². The summed E-state index contributed by atoms with van der Waals surface area (Å²) in [5, 5.41) is 8.27. The minimum Gasteiger partial charge on any atom is -0.339 e. The highest BCUT2D eigenvalue weighted by atomic mass is 35.5. The third kappa shape index (κ3) is 3.27. The second-order valence-corrected chi connectivity index (χ2v) is 6.22. The number of benzene rings is 1. The Morgan fingerprint density at radius 1 is 1.19 bits per heavy atom. The highest BCUT2D eigenvalue weighted by Gasteiger charge is 2.32. The topological polar surface area (TPSA) is 51.0 Å². The van der Waals surface area contributed by atoms with Gasteiger partial charge in [-0.25, -0.2) is 0 Å². The van der Waals surface area contributed by atoms with Crippen LogP contribution in [0.2, 0.25) is 5.02 Å². The largest absolute Gasteiger partial charge is 0.339 e. The van der Waals surface area contributed by atoms with Crippen molar-refractivity contribution >= 4 is 11.6 Å². The normalized spacial score (nSPS) is 17.8. The van der Waals surface area contributed by atoms with Crippen molar-refractivity contribution in [3.63, 3.8) is 0 Å². The average Bonchev–Trinajstić information content (AvgIpc) is 2.97. The third-order valence-electron chi connectivity index (χ3n) is 4.40. The summed E-state index contributed by atoms with van der Waals surface area (Å²) < 4.78 is 5.44. The van der Waals surface area contributed by atoms with E-state index in [1.807, 2.05) is 31.3 Å². The highest BCUT2D eigenvalue weighted by molar-refractivity contribution is 6.30. The first-order chi connectivity index (χ1) is 10.2. The number of halogens is 1. The van der Waals surface area contributed by atoms with E-state index < -0.39 is 0 Å². The van der Waals surface area contributed by atoms with Gasteiger partial charge in [-0.2, -0.15) is 4.98 Å². The molecule has 0 aliphatic heterocycles. The van der Waals surface area contributed by atoms with Crippen molar-refractivity contribution in [1.82, 2.24) is 15.5 Å². The van der Waals surface area contributed by atoms with Gasteiger partial charge < -0.3 is 9.84 Å². The van der Waals surface area contributed by atoms with Crippen LogP contribution in [-0.4, -0.2) is 22.7 Å². The molecule has 1 heterocycles. The lowest BCUT2D eigenvalue weighted by Crippen LogP contribution is -2.46. The maximum atomic E-state index is 5.90. The maximum Gasteiger partial charge on any atom is 0.228 e. The Morgan fingerprint density at radius 3 is 2.57 bits per heavy atom. The molecule has 0 amide bonds. The van der Waals surface area contributed by atoms with Crippen LogP contribution in [0.1, 0.15) is 38.0 Å². The van der Waals surface area contributed by atoms with Gasteiger partial charge in [0.25, 0.3) is 0 Å². The van der Waals surface area contributed by atoms with Gasteiger partial charge in [-0.05, 0) is 44.2 Å². The summed E-state index contributed by atoms with van der Waals surface area (Å²) in [6.07, 6.45) is 6.98. The van der Waals surface area contributed by atoms with E-state index in [1.165, 1.54) is 32.1 Å². The molecular weight excluding hydrogens is 286 g/mol. The zero-order chi connectivity index (χ0) is 14.7. The third-order valence-corrected chi connectivity index (χ3v) is 4.65. The summed E-state index contributed by atoms with van der Waals surface area (Å²) in [6.45, 7) is 0. The van der Waals surface area contributed by atoms with Crippen LogP contribution in [0.3, 0.4) is 0 Å². The van der Waals surface area contributed by atoms with Crippen LogP contribution in [0.25, 0.3) is 11.4 Å². The Morgan fingerprint density at radius 2 is 1.90 bits per heavy atom. The number of hydrogen-bond acceptors (Lipinski definition) is 4. The second-order valence-electron chi connectivity index (χ2n) is 5.79. The van der Waals surface area contributed by atoms with Gasteiger partial charge in [0.15, 0.2) is 0 Å². The molecule has 1 aliphatic rings. The smallest absolute Gasteiger partial charge is 0.228 e. The van der Waals surface area contributed by atoms with Crippen molar-refractivity contribution < 1.29 is 4.52 Å². The van der Waals surface area contributed by atoms with Crippen LogP contribution in [0.15, 0.2) is 28.8 Å². The van der Waals surface area contributed by atoms with Crippen molar-refractivity contribution in [2.45, 2.75) is 44.1 Å². The molecule has 0 spiro atoms. The lowest BCUT2D eigenvalue weighted by Gasteiger charge is -2.36. The van der Waals surface area contributed by atoms with E-state index in [-0.39, 0.29) is 5.54 Å². The fourth-order valence-electron chi connectivity index (χ4n) is 3.08. The number of nitrogens with one attached hydrogen (secondary N) is 1. The fourth-order valence-corrected chi connectivity index (χ4v) is 3.20. The highest BCUT2D eigenvalue weighted by Crippen LogP contribution is 2.31. The maximum absolute atomic E-state index is 5.90. The minimum absolute atomic E-state index is 0.113. The summed E-state index contributed by atoms with van der Waals surface area (Å²) in [4.78, 5) is 4.54. The number of hydrogen-bond donors (Lipinski definition) is 1. The zero-order valence-electron chi connectivity index (χ0n) is 12.2. The zero-order valence-corrected chi connectivity index (χ0v) is 13.0. The lowest BCUT2D eigenvalue weighted by molar-refractivity contribution is 0.221. The quantitative estimate of drug-likeness (QED) is 0.932. The average molecular weight is 306 g/mol. The SMILES string of the molecule is CNC1(Cc2nc(-c3ccc(Cl)cc3)no2)CCCCC1. The van der Waals surface area contributed by atoms with Crippen LogP contribution in [-0.2, 0) is 6.42 Å². The molecule has 1 aromatic carbocycles. The Labute approximate surface area is 129 Å². The molecule has 1 N–H and O–H groups in total. The molecule has 2 aromatic rings. The molecule has 1 fully saturated rings. The standard InChI is InChI=1S/C16H20ClN3O/c1-18-16(9-3-2-4-10-16)11-14-19-15(20-21-14)12-5-7-13(17)8-6-12/h5-8,18H,2-4,9-11H2,1H3. The lowest BCUT2D eigenvalue weighted by atomic mass is 9.79. The van der Waals surface area contributed by atoms with Gasteiger partial charge in [0.05, 0.1) is 0 Å². The first kappa shape index (κ1) is 14.5. The van der Waals surface area contributed by atoms with E-state index in [9.17, 15) is 0 Å². The summed E-state index contributed by atoms with van der Waals surface area (Å²) in [7, 11) is 2.03. The molecule has 5 heteroatoms. The van der Waals surface area contributed by atoms with Gasteiger partial charge in [0.2, 0.25) is 11.7 Å². The predicted octanol–water partition coefficient (Wildman–Crippen LogP) is 3.85. The van der Waals surface area contributed by atoms with Gasteiger partial charge in [0, 0.05) is 22.5 Å². The first-order valence-electron chi connectivity index (χ1n) is 7.48. The molecule has 0 atom stereocenters. The predicted molar refractivity (Wildman–Crippen MR) is 83.3 cm³/mol. The molecule has 1 saturated carbocycles. The van der Waals surface area contributed by atoms with Gasteiger partial charge >= 0.3 is 0 Å². The van der Waals surface area contributed by atoms with Crippen LogP contribution in [0.4, 0.5) is 0 Å². The van der Waals surface area contributed by atoms with E-state index in [4.69, 9.17) is 16.1 Å². The Hall–Kier alpha value is -1.39. The molecule has 1 aromatic heterocycles. The summed E-state index contributed by atoms with van der Waals surface area (Å²) in [6, 6.07) is 7.49. The van der Waals surface area contributed by atoms with Crippen LogP contribution in [0.5, 0.6) is 0 Å². The van der Waals surface area contributed by atoms with Crippen molar-refractivity contribution in [1.29, 1.82) is 0 Å². The molecule has 21 heavy (non-hydrogen) atoms. The van der Waals surface area contributed by atoms with E-state index in [0.717, 1.165) is 12.0 Å². The van der Waals surface area contributed by atoms with Gasteiger partial charge in [0.1, 0.15) is 0 Å². The van der Waals surface area contributed by atoms with Gasteiger partial charge in [-0.1, -0.05) is 36.0 Å². The summed E-state index contributed by atoms with van der Waals surface area (Å²) in [5.41, 5.74) is 1.04. The van der Waals surface area contributed by atoms with Crippen molar-refractivity contribution in [2.24, 2.45) is 0 Å². The number of aromatic nitrogens is 2. The fraction of sp³-hybridized carbons (Fsp3) is 0.500. The molecule has 1 aliphatic carbocycles. The molecule has 0 unspecified atom stereocenters. The van der Waals surface area contributed by atoms with Crippen LogP contribution in [0, 0.1) is 0 Å². The molecule has 4 nitrogen and oxygen atoms in total. The van der Waals surface area contributed by atoms with Crippen molar-refractivity contribution in [2.75, 3.05) is 7.05 Å². The number of likely N-dealkylation sites (N-methyl/N-ethyl adjacent to an activating group) is 1. The summed E-state index contributed by atoms with van der Waals surface area (Å²) >= 11 is 5.90. The van der Waals surface area contributed by atoms with Crippen LogP contribution < -0.4 is 5.32 Å². The molecule has 3 rings (SSSR count). The molecule has 0 saturated heterocycles.